The second kappa shape index (κ2) is 12.0. The molecule has 0 aliphatic rings. The van der Waals surface area contributed by atoms with Crippen molar-refractivity contribution in [3.63, 3.8) is 0 Å². The highest BCUT2D eigenvalue weighted by atomic mass is 35.5. The fourth-order valence-electron chi connectivity index (χ4n) is 2.04. The standard InChI is InChI=1S/C16H26ClNO3/c1-19-10-8-18-13-15(7-9-21-12-11-20-2)14-3-5-16(17)6-4-14/h3-6,15,18H,7-13H2,1-2H3. The summed E-state index contributed by atoms with van der Waals surface area (Å²) in [5, 5.41) is 4.18. The van der Waals surface area contributed by atoms with Gasteiger partial charge in [0.05, 0.1) is 19.8 Å². The molecule has 4 nitrogen and oxygen atoms in total. The number of benzene rings is 1. The molecule has 0 bridgehead atoms. The maximum Gasteiger partial charge on any atom is 0.0700 e. The first kappa shape index (κ1) is 18.4. The molecular weight excluding hydrogens is 290 g/mol. The number of methoxy groups -OCH3 is 2. The zero-order valence-electron chi connectivity index (χ0n) is 12.9. The van der Waals surface area contributed by atoms with Gasteiger partial charge in [0, 0.05) is 38.9 Å². The third-order valence-electron chi connectivity index (χ3n) is 3.26. The van der Waals surface area contributed by atoms with Gasteiger partial charge in [0.15, 0.2) is 0 Å². The van der Waals surface area contributed by atoms with E-state index in [1.54, 1.807) is 14.2 Å². The van der Waals surface area contributed by atoms with Gasteiger partial charge >= 0.3 is 0 Å². The molecule has 5 heteroatoms. The predicted octanol–water partition coefficient (Wildman–Crippen LogP) is 2.71. The van der Waals surface area contributed by atoms with E-state index in [1.165, 1.54) is 5.56 Å². The topological polar surface area (TPSA) is 39.7 Å². The van der Waals surface area contributed by atoms with Gasteiger partial charge in [-0.05, 0) is 30.0 Å². The minimum atomic E-state index is 0.404. The lowest BCUT2D eigenvalue weighted by atomic mass is 9.96. The first-order chi connectivity index (χ1) is 10.3. The van der Waals surface area contributed by atoms with Gasteiger partial charge in [-0.15, -0.1) is 0 Å². The van der Waals surface area contributed by atoms with Crippen LogP contribution in [0.4, 0.5) is 0 Å². The summed E-state index contributed by atoms with van der Waals surface area (Å²) in [5.41, 5.74) is 1.28. The van der Waals surface area contributed by atoms with Gasteiger partial charge in [0.1, 0.15) is 0 Å². The van der Waals surface area contributed by atoms with Crippen molar-refractivity contribution < 1.29 is 14.2 Å². The highest BCUT2D eigenvalue weighted by Gasteiger charge is 2.11. The third kappa shape index (κ3) is 8.39. The van der Waals surface area contributed by atoms with Crippen LogP contribution in [0.3, 0.4) is 0 Å². The Hall–Kier alpha value is -0.650. The Morgan fingerprint density at radius 1 is 1.00 bits per heavy atom. The van der Waals surface area contributed by atoms with Crippen molar-refractivity contribution in [2.45, 2.75) is 12.3 Å². The van der Waals surface area contributed by atoms with Crippen LogP contribution in [-0.4, -0.2) is 53.7 Å². The fourth-order valence-corrected chi connectivity index (χ4v) is 2.17. The summed E-state index contributed by atoms with van der Waals surface area (Å²) in [6, 6.07) is 8.04. The second-order valence-corrected chi connectivity index (χ2v) is 5.28. The lowest BCUT2D eigenvalue weighted by Gasteiger charge is -2.18. The maximum atomic E-state index is 5.95. The van der Waals surface area contributed by atoms with E-state index in [-0.39, 0.29) is 0 Å². The maximum absolute atomic E-state index is 5.95. The first-order valence-electron chi connectivity index (χ1n) is 7.29. The van der Waals surface area contributed by atoms with Crippen LogP contribution in [0.5, 0.6) is 0 Å². The molecule has 1 aromatic carbocycles. The normalized spacial score (nSPS) is 12.5. The van der Waals surface area contributed by atoms with Crippen molar-refractivity contribution >= 4 is 11.6 Å². The van der Waals surface area contributed by atoms with Crippen LogP contribution in [0.1, 0.15) is 17.9 Å². The minimum Gasteiger partial charge on any atom is -0.383 e. The summed E-state index contributed by atoms with van der Waals surface area (Å²) in [6.07, 6.45) is 0.964. The second-order valence-electron chi connectivity index (χ2n) is 4.84. The fraction of sp³-hybridized carbons (Fsp3) is 0.625. The van der Waals surface area contributed by atoms with Gasteiger partial charge in [-0.1, -0.05) is 23.7 Å². The first-order valence-corrected chi connectivity index (χ1v) is 7.67. The molecule has 0 aliphatic carbocycles. The van der Waals surface area contributed by atoms with Crippen molar-refractivity contribution in [1.82, 2.24) is 5.32 Å². The Labute approximate surface area is 132 Å². The molecule has 21 heavy (non-hydrogen) atoms. The molecule has 1 aromatic rings. The van der Waals surface area contributed by atoms with Gasteiger partial charge in [0.25, 0.3) is 0 Å². The van der Waals surface area contributed by atoms with E-state index in [1.807, 2.05) is 12.1 Å². The zero-order chi connectivity index (χ0) is 15.3. The minimum absolute atomic E-state index is 0.404. The van der Waals surface area contributed by atoms with E-state index in [0.717, 1.165) is 37.7 Å². The molecule has 0 heterocycles. The molecule has 0 saturated heterocycles. The van der Waals surface area contributed by atoms with Gasteiger partial charge in [-0.25, -0.2) is 0 Å². The molecule has 1 N–H and O–H groups in total. The molecule has 120 valence electrons. The van der Waals surface area contributed by atoms with Gasteiger partial charge in [-0.3, -0.25) is 0 Å². The number of rotatable bonds is 12. The molecular formula is C16H26ClNO3. The summed E-state index contributed by atoms with van der Waals surface area (Å²) in [4.78, 5) is 0. The highest BCUT2D eigenvalue weighted by Crippen LogP contribution is 2.21. The largest absolute Gasteiger partial charge is 0.383 e. The smallest absolute Gasteiger partial charge is 0.0700 e. The van der Waals surface area contributed by atoms with Crippen LogP contribution in [0.25, 0.3) is 0 Å². The molecule has 1 unspecified atom stereocenters. The van der Waals surface area contributed by atoms with E-state index in [9.17, 15) is 0 Å². The van der Waals surface area contributed by atoms with Crippen LogP contribution in [0, 0.1) is 0 Å². The number of nitrogens with one attached hydrogen (secondary N) is 1. The summed E-state index contributed by atoms with van der Waals surface area (Å²) >= 11 is 5.95. The molecule has 0 saturated carbocycles. The predicted molar refractivity (Wildman–Crippen MR) is 86.3 cm³/mol. The molecule has 0 radical (unpaired) electrons. The Morgan fingerprint density at radius 2 is 1.71 bits per heavy atom. The van der Waals surface area contributed by atoms with Crippen LogP contribution in [-0.2, 0) is 14.2 Å². The van der Waals surface area contributed by atoms with Gasteiger partial charge < -0.3 is 19.5 Å². The van der Waals surface area contributed by atoms with Crippen molar-refractivity contribution in [1.29, 1.82) is 0 Å². The number of hydrogen-bond donors (Lipinski definition) is 1. The molecule has 0 spiro atoms. The Balaban J connectivity index is 2.43. The number of hydrogen-bond acceptors (Lipinski definition) is 4. The SMILES string of the molecule is COCCNCC(CCOCCOC)c1ccc(Cl)cc1. The van der Waals surface area contributed by atoms with E-state index < -0.39 is 0 Å². The average molecular weight is 316 g/mol. The van der Waals surface area contributed by atoms with Crippen LogP contribution in [0.15, 0.2) is 24.3 Å². The quantitative estimate of drug-likeness (QED) is 0.602. The number of ether oxygens (including phenoxy) is 3. The monoisotopic (exact) mass is 315 g/mol. The summed E-state index contributed by atoms with van der Waals surface area (Å²) in [7, 11) is 3.39. The third-order valence-corrected chi connectivity index (χ3v) is 3.51. The lowest BCUT2D eigenvalue weighted by molar-refractivity contribution is 0.0669. The van der Waals surface area contributed by atoms with Crippen molar-refractivity contribution in [3.8, 4) is 0 Å². The van der Waals surface area contributed by atoms with E-state index in [4.69, 9.17) is 25.8 Å². The van der Waals surface area contributed by atoms with Gasteiger partial charge in [0.2, 0.25) is 0 Å². The van der Waals surface area contributed by atoms with Crippen molar-refractivity contribution in [2.24, 2.45) is 0 Å². The summed E-state index contributed by atoms with van der Waals surface area (Å²) < 4.78 is 15.6. The van der Waals surface area contributed by atoms with E-state index >= 15 is 0 Å². The summed E-state index contributed by atoms with van der Waals surface area (Å²) in [6.45, 7) is 4.47. The number of halogens is 1. The Bertz CT molecular complexity index is 359. The van der Waals surface area contributed by atoms with Crippen LogP contribution in [0.2, 0.25) is 5.02 Å². The van der Waals surface area contributed by atoms with Crippen LogP contribution >= 0.6 is 11.6 Å². The Morgan fingerprint density at radius 3 is 2.38 bits per heavy atom. The molecule has 0 fully saturated rings. The van der Waals surface area contributed by atoms with Crippen LogP contribution < -0.4 is 5.32 Å². The van der Waals surface area contributed by atoms with Crippen molar-refractivity contribution in [3.05, 3.63) is 34.9 Å². The molecule has 1 atom stereocenters. The lowest BCUT2D eigenvalue weighted by Crippen LogP contribution is -2.26. The summed E-state index contributed by atoms with van der Waals surface area (Å²) in [5.74, 6) is 0.404. The van der Waals surface area contributed by atoms with E-state index in [2.05, 4.69) is 17.4 Å². The highest BCUT2D eigenvalue weighted by molar-refractivity contribution is 6.30. The van der Waals surface area contributed by atoms with Gasteiger partial charge in [-0.2, -0.15) is 0 Å². The van der Waals surface area contributed by atoms with E-state index in [0.29, 0.717) is 19.1 Å². The molecule has 0 aromatic heterocycles. The molecule has 1 rings (SSSR count). The molecule has 0 amide bonds. The Kier molecular flexibility index (Phi) is 10.5. The molecule has 0 aliphatic heterocycles. The van der Waals surface area contributed by atoms with Crippen molar-refractivity contribution in [2.75, 3.05) is 53.7 Å². The zero-order valence-corrected chi connectivity index (χ0v) is 13.7. The average Bonchev–Trinajstić information content (AvgIpc) is 2.50.